The van der Waals surface area contributed by atoms with E-state index in [0.29, 0.717) is 19.5 Å². The lowest BCUT2D eigenvalue weighted by Gasteiger charge is -2.15. The third-order valence-electron chi connectivity index (χ3n) is 1.80. The van der Waals surface area contributed by atoms with Gasteiger partial charge in [0.05, 0.1) is 12.5 Å². The molecule has 0 bridgehead atoms. The fraction of sp³-hybridized carbons (Fsp3) is 0.857. The largest absolute Gasteiger partial charge is 0.391 e. The molecule has 0 saturated carbocycles. The van der Waals surface area contributed by atoms with Gasteiger partial charge in [-0.25, -0.2) is 0 Å². The Morgan fingerprint density at radius 2 is 2.08 bits per heavy atom. The Bertz CT molecular complexity index is 193. The summed E-state index contributed by atoms with van der Waals surface area (Å²) in [5.41, 5.74) is 0. The smallest absolute Gasteiger partial charge is 0.355 e. The molecule has 1 aliphatic heterocycles. The topological polar surface area (TPSA) is 41.1 Å². The highest BCUT2D eigenvalue weighted by Gasteiger charge is 2.35. The van der Waals surface area contributed by atoms with Gasteiger partial charge in [0.25, 0.3) is 0 Å². The van der Waals surface area contributed by atoms with Gasteiger partial charge >= 0.3 is 6.18 Å². The summed E-state index contributed by atoms with van der Waals surface area (Å²) in [5, 5.41) is 4.97. The lowest BCUT2D eigenvalue weighted by atomic mass is 10.2. The van der Waals surface area contributed by atoms with Crippen LogP contribution >= 0.6 is 0 Å². The number of hydrogen-bond acceptors (Lipinski definition) is 2. The Morgan fingerprint density at radius 1 is 1.38 bits per heavy atom. The Balaban J connectivity index is 2.50. The summed E-state index contributed by atoms with van der Waals surface area (Å²) in [6.07, 6.45) is -4.72. The van der Waals surface area contributed by atoms with Crippen molar-refractivity contribution in [2.24, 2.45) is 0 Å². The Kier molecular flexibility index (Phi) is 3.13. The van der Waals surface area contributed by atoms with Crippen LogP contribution in [0, 0.1) is 0 Å². The highest BCUT2D eigenvalue weighted by atomic mass is 19.4. The van der Waals surface area contributed by atoms with E-state index in [-0.39, 0.29) is 0 Å². The van der Waals surface area contributed by atoms with E-state index in [0.717, 1.165) is 0 Å². The highest BCUT2D eigenvalue weighted by molar-refractivity contribution is 5.81. The van der Waals surface area contributed by atoms with Gasteiger partial charge in [-0.05, 0) is 13.0 Å². The molecule has 0 radical (unpaired) electrons. The molecule has 0 aromatic rings. The van der Waals surface area contributed by atoms with Crippen molar-refractivity contribution in [2.45, 2.75) is 25.1 Å². The van der Waals surface area contributed by atoms with Crippen molar-refractivity contribution < 1.29 is 18.0 Å². The SMILES string of the molecule is O=C1NCCCNC1CC(F)(F)F. The standard InChI is InChI=1S/C7H11F3N2O/c8-7(9,10)4-5-6(13)12-3-1-2-11-5/h5,11H,1-4H2,(H,12,13). The van der Waals surface area contributed by atoms with Crippen LogP contribution in [0.4, 0.5) is 13.2 Å². The van der Waals surface area contributed by atoms with E-state index < -0.39 is 24.5 Å². The van der Waals surface area contributed by atoms with Gasteiger partial charge in [-0.2, -0.15) is 13.2 Å². The quantitative estimate of drug-likeness (QED) is 0.638. The van der Waals surface area contributed by atoms with Crippen molar-refractivity contribution in [3.8, 4) is 0 Å². The van der Waals surface area contributed by atoms with Crippen LogP contribution in [0.1, 0.15) is 12.8 Å². The highest BCUT2D eigenvalue weighted by Crippen LogP contribution is 2.21. The zero-order chi connectivity index (χ0) is 9.90. The minimum absolute atomic E-state index is 0.444. The van der Waals surface area contributed by atoms with E-state index in [4.69, 9.17) is 0 Å². The molecule has 1 fully saturated rings. The normalized spacial score (nSPS) is 25.2. The molecular formula is C7H11F3N2O. The zero-order valence-electron chi connectivity index (χ0n) is 6.95. The van der Waals surface area contributed by atoms with Gasteiger partial charge in [-0.15, -0.1) is 0 Å². The predicted molar refractivity (Wildman–Crippen MR) is 40.1 cm³/mol. The van der Waals surface area contributed by atoms with Crippen LogP contribution in [0.15, 0.2) is 0 Å². The molecule has 0 spiro atoms. The van der Waals surface area contributed by atoms with Crippen LogP contribution in [0.3, 0.4) is 0 Å². The third kappa shape index (κ3) is 3.63. The van der Waals surface area contributed by atoms with Gasteiger partial charge in [0, 0.05) is 6.54 Å². The monoisotopic (exact) mass is 196 g/mol. The van der Waals surface area contributed by atoms with Crippen molar-refractivity contribution in [3.05, 3.63) is 0 Å². The van der Waals surface area contributed by atoms with Gasteiger partial charge in [-0.1, -0.05) is 0 Å². The van der Waals surface area contributed by atoms with E-state index in [9.17, 15) is 18.0 Å². The lowest BCUT2D eigenvalue weighted by molar-refractivity contribution is -0.148. The molecule has 1 rings (SSSR count). The molecular weight excluding hydrogens is 185 g/mol. The number of hydrogen-bond donors (Lipinski definition) is 2. The van der Waals surface area contributed by atoms with Gasteiger partial charge in [0.2, 0.25) is 5.91 Å². The first-order valence-corrected chi connectivity index (χ1v) is 4.07. The van der Waals surface area contributed by atoms with Gasteiger partial charge in [-0.3, -0.25) is 4.79 Å². The van der Waals surface area contributed by atoms with Gasteiger partial charge in [0.15, 0.2) is 0 Å². The molecule has 0 aromatic heterocycles. The lowest BCUT2D eigenvalue weighted by Crippen LogP contribution is -2.43. The average Bonchev–Trinajstić information content (AvgIpc) is 2.14. The van der Waals surface area contributed by atoms with Crippen LogP contribution in [0.5, 0.6) is 0 Å². The second-order valence-corrected chi connectivity index (χ2v) is 2.97. The van der Waals surface area contributed by atoms with E-state index in [1.165, 1.54) is 0 Å². The number of halogens is 3. The molecule has 1 atom stereocenters. The number of nitrogens with one attached hydrogen (secondary N) is 2. The first-order chi connectivity index (χ1) is 5.99. The maximum atomic E-state index is 11.9. The molecule has 3 nitrogen and oxygen atoms in total. The van der Waals surface area contributed by atoms with Crippen LogP contribution in [-0.4, -0.2) is 31.2 Å². The molecule has 0 aromatic carbocycles. The maximum Gasteiger partial charge on any atom is 0.391 e. The number of alkyl halides is 3. The summed E-state index contributed by atoms with van der Waals surface area (Å²) in [7, 11) is 0. The second-order valence-electron chi connectivity index (χ2n) is 2.97. The predicted octanol–water partition coefficient (Wildman–Crippen LogP) is 0.417. The fourth-order valence-electron chi connectivity index (χ4n) is 1.19. The Morgan fingerprint density at radius 3 is 2.69 bits per heavy atom. The fourth-order valence-corrected chi connectivity index (χ4v) is 1.19. The average molecular weight is 196 g/mol. The first-order valence-electron chi connectivity index (χ1n) is 4.07. The molecule has 76 valence electrons. The molecule has 1 unspecified atom stereocenters. The molecule has 0 aliphatic carbocycles. The molecule has 1 heterocycles. The minimum atomic E-state index is -4.29. The number of amides is 1. The molecule has 1 aliphatic rings. The summed E-state index contributed by atoms with van der Waals surface area (Å²) in [4.78, 5) is 11.0. The van der Waals surface area contributed by atoms with Crippen molar-refractivity contribution in [1.29, 1.82) is 0 Å². The van der Waals surface area contributed by atoms with E-state index in [1.807, 2.05) is 0 Å². The van der Waals surface area contributed by atoms with Gasteiger partial charge in [0.1, 0.15) is 0 Å². The molecule has 1 amide bonds. The van der Waals surface area contributed by atoms with Crippen LogP contribution < -0.4 is 10.6 Å². The number of rotatable bonds is 1. The summed E-state index contributed by atoms with van der Waals surface area (Å²) in [6.45, 7) is 0.889. The minimum Gasteiger partial charge on any atom is -0.355 e. The summed E-state index contributed by atoms with van der Waals surface area (Å²) in [6, 6.07) is -1.12. The maximum absolute atomic E-state index is 11.9. The van der Waals surface area contributed by atoms with Crippen molar-refractivity contribution in [2.75, 3.05) is 13.1 Å². The van der Waals surface area contributed by atoms with Gasteiger partial charge < -0.3 is 10.6 Å². The van der Waals surface area contributed by atoms with E-state index in [2.05, 4.69) is 10.6 Å². The summed E-state index contributed by atoms with van der Waals surface area (Å²) in [5.74, 6) is -0.560. The molecule has 13 heavy (non-hydrogen) atoms. The second kappa shape index (κ2) is 3.95. The first kappa shape index (κ1) is 10.3. The molecule has 1 saturated heterocycles. The van der Waals surface area contributed by atoms with Crippen molar-refractivity contribution >= 4 is 5.91 Å². The molecule has 6 heteroatoms. The van der Waals surface area contributed by atoms with Crippen LogP contribution in [-0.2, 0) is 4.79 Å². The summed E-state index contributed by atoms with van der Waals surface area (Å²) < 4.78 is 35.8. The number of carbonyl (C=O) groups is 1. The zero-order valence-corrected chi connectivity index (χ0v) is 6.95. The van der Waals surface area contributed by atoms with Crippen LogP contribution in [0.2, 0.25) is 0 Å². The number of carbonyl (C=O) groups excluding carboxylic acids is 1. The van der Waals surface area contributed by atoms with Crippen molar-refractivity contribution in [3.63, 3.8) is 0 Å². The third-order valence-corrected chi connectivity index (χ3v) is 1.80. The van der Waals surface area contributed by atoms with Crippen molar-refractivity contribution in [1.82, 2.24) is 10.6 Å². The Hall–Kier alpha value is -0.780. The van der Waals surface area contributed by atoms with E-state index in [1.54, 1.807) is 0 Å². The van der Waals surface area contributed by atoms with Crippen LogP contribution in [0.25, 0.3) is 0 Å². The summed E-state index contributed by atoms with van der Waals surface area (Å²) >= 11 is 0. The Labute approximate surface area is 73.7 Å². The molecule has 2 N–H and O–H groups in total. The van der Waals surface area contributed by atoms with E-state index >= 15 is 0 Å².